The van der Waals surface area contributed by atoms with Crippen molar-refractivity contribution in [3.63, 3.8) is 0 Å². The molecule has 0 radical (unpaired) electrons. The van der Waals surface area contributed by atoms with Gasteiger partial charge < -0.3 is 14.2 Å². The van der Waals surface area contributed by atoms with Crippen LogP contribution in [0, 0.1) is 23.7 Å². The molecule has 5 fully saturated rings. The van der Waals surface area contributed by atoms with Gasteiger partial charge in [-0.15, -0.1) is 0 Å². The molecule has 5 aliphatic rings. The highest BCUT2D eigenvalue weighted by Gasteiger charge is 2.70. The monoisotopic (exact) mass is 437 g/mol. The van der Waals surface area contributed by atoms with Crippen LogP contribution in [0.2, 0.25) is 0 Å². The van der Waals surface area contributed by atoms with E-state index < -0.39 is 24.0 Å². The van der Waals surface area contributed by atoms with Gasteiger partial charge in [0.15, 0.2) is 0 Å². The number of carbonyl (C=O) groups excluding carboxylic acids is 3. The smallest absolute Gasteiger partial charge is 0.320 e. The third-order valence-corrected chi connectivity index (χ3v) is 8.96. The number of carbonyl (C=O) groups is 3. The minimum absolute atomic E-state index is 0.0367. The molecule has 3 saturated carbocycles. The number of hydrogen-bond donors (Lipinski definition) is 0. The summed E-state index contributed by atoms with van der Waals surface area (Å²) in [4.78, 5) is 40.5. The van der Waals surface area contributed by atoms with Crippen LogP contribution >= 0.6 is 11.8 Å². The Labute approximate surface area is 181 Å². The van der Waals surface area contributed by atoms with E-state index in [-0.39, 0.29) is 41.9 Å². The SMILES string of the molecule is CCC1(OC(=O)C2C3CC4C(OC(=O)C42)C3OC(=O)CN2CCSCC2)CCCC1. The molecule has 0 spiro atoms. The summed E-state index contributed by atoms with van der Waals surface area (Å²) in [6.45, 7) is 4.08. The lowest BCUT2D eigenvalue weighted by molar-refractivity contribution is -0.175. The summed E-state index contributed by atoms with van der Waals surface area (Å²) in [6, 6.07) is 0. The van der Waals surface area contributed by atoms with E-state index in [1.807, 2.05) is 11.8 Å². The first kappa shape index (κ1) is 20.6. The molecule has 0 aromatic rings. The molecule has 0 aromatic carbocycles. The van der Waals surface area contributed by atoms with Gasteiger partial charge in [-0.25, -0.2) is 0 Å². The first-order valence-electron chi connectivity index (χ1n) is 11.4. The van der Waals surface area contributed by atoms with Gasteiger partial charge in [0.05, 0.1) is 18.4 Å². The standard InChI is InChI=1S/C22H31NO6S/c1-2-22(5-3-4-6-22)29-21(26)17-14-11-13-16(17)20(25)28-19(13)18(14)27-15(24)12-23-7-9-30-10-8-23/h13-14,16-19H,2-12H2,1H3. The Kier molecular flexibility index (Phi) is 5.50. The average Bonchev–Trinajstić information content (AvgIpc) is 3.47. The minimum Gasteiger partial charge on any atom is -0.459 e. The van der Waals surface area contributed by atoms with Crippen LogP contribution in [-0.4, -0.2) is 71.8 Å². The largest absolute Gasteiger partial charge is 0.459 e. The van der Waals surface area contributed by atoms with Gasteiger partial charge in [-0.05, 0) is 38.5 Å². The van der Waals surface area contributed by atoms with Gasteiger partial charge in [0, 0.05) is 36.4 Å². The van der Waals surface area contributed by atoms with Crippen molar-refractivity contribution in [2.24, 2.45) is 23.7 Å². The van der Waals surface area contributed by atoms with Crippen molar-refractivity contribution in [1.82, 2.24) is 4.90 Å². The number of fused-ring (bicyclic) bond motifs is 1. The minimum atomic E-state index is -0.547. The lowest BCUT2D eigenvalue weighted by Crippen LogP contribution is -2.47. The molecular formula is C22H31NO6S. The Hall–Kier alpha value is -1.28. The molecule has 0 amide bonds. The molecule has 0 N–H and O–H groups in total. The third kappa shape index (κ3) is 3.44. The first-order chi connectivity index (χ1) is 14.5. The van der Waals surface area contributed by atoms with E-state index in [2.05, 4.69) is 11.8 Å². The van der Waals surface area contributed by atoms with Gasteiger partial charge in [-0.3, -0.25) is 19.3 Å². The molecule has 2 aliphatic heterocycles. The van der Waals surface area contributed by atoms with Crippen LogP contribution in [0.15, 0.2) is 0 Å². The zero-order valence-corrected chi connectivity index (χ0v) is 18.4. The molecule has 7 nitrogen and oxygen atoms in total. The number of thioether (sulfide) groups is 1. The second-order valence-electron chi connectivity index (χ2n) is 9.52. The zero-order valence-electron chi connectivity index (χ0n) is 17.5. The number of nitrogens with zero attached hydrogens (tertiary/aromatic N) is 1. The van der Waals surface area contributed by atoms with Gasteiger partial charge >= 0.3 is 17.9 Å². The highest BCUT2D eigenvalue weighted by molar-refractivity contribution is 7.99. The predicted octanol–water partition coefficient (Wildman–Crippen LogP) is 2.02. The van der Waals surface area contributed by atoms with Crippen LogP contribution < -0.4 is 0 Å². The first-order valence-corrected chi connectivity index (χ1v) is 12.6. The predicted molar refractivity (Wildman–Crippen MR) is 110 cm³/mol. The van der Waals surface area contributed by atoms with Gasteiger partial charge in [0.25, 0.3) is 0 Å². The van der Waals surface area contributed by atoms with E-state index in [0.29, 0.717) is 6.42 Å². The molecule has 8 heteroatoms. The third-order valence-electron chi connectivity index (χ3n) is 8.02. The molecule has 30 heavy (non-hydrogen) atoms. The van der Waals surface area contributed by atoms with E-state index in [1.54, 1.807) is 0 Å². The molecule has 0 aromatic heterocycles. The second kappa shape index (κ2) is 8.01. The number of esters is 3. The van der Waals surface area contributed by atoms with Crippen LogP contribution in [0.3, 0.4) is 0 Å². The van der Waals surface area contributed by atoms with Crippen LogP contribution in [0.25, 0.3) is 0 Å². The van der Waals surface area contributed by atoms with Crippen molar-refractivity contribution in [2.45, 2.75) is 63.3 Å². The van der Waals surface area contributed by atoms with E-state index in [9.17, 15) is 14.4 Å². The Morgan fingerprint density at radius 2 is 1.93 bits per heavy atom. The summed E-state index contributed by atoms with van der Waals surface area (Å²) < 4.78 is 17.5. The molecule has 3 aliphatic carbocycles. The second-order valence-corrected chi connectivity index (χ2v) is 10.7. The summed E-state index contributed by atoms with van der Waals surface area (Å²) in [6.07, 6.45) is 4.48. The average molecular weight is 438 g/mol. The fourth-order valence-electron chi connectivity index (χ4n) is 6.43. The quantitative estimate of drug-likeness (QED) is 0.461. The van der Waals surface area contributed by atoms with Crippen molar-refractivity contribution < 1.29 is 28.6 Å². The van der Waals surface area contributed by atoms with E-state index in [0.717, 1.165) is 56.7 Å². The Morgan fingerprint density at radius 1 is 1.20 bits per heavy atom. The molecule has 2 heterocycles. The van der Waals surface area contributed by atoms with Gasteiger partial charge in [0.1, 0.15) is 17.8 Å². The number of ether oxygens (including phenoxy) is 3. The van der Waals surface area contributed by atoms with E-state index in [1.165, 1.54) is 0 Å². The number of hydrogen-bond acceptors (Lipinski definition) is 8. The molecule has 6 unspecified atom stereocenters. The lowest BCUT2D eigenvalue weighted by Gasteiger charge is -2.34. The molecule has 6 atom stereocenters. The van der Waals surface area contributed by atoms with E-state index in [4.69, 9.17) is 14.2 Å². The Balaban J connectivity index is 1.28. The topological polar surface area (TPSA) is 82.1 Å². The summed E-state index contributed by atoms with van der Waals surface area (Å²) >= 11 is 1.89. The van der Waals surface area contributed by atoms with Crippen LogP contribution in [0.4, 0.5) is 0 Å². The maximum Gasteiger partial charge on any atom is 0.320 e. The van der Waals surface area contributed by atoms with Gasteiger partial charge in [-0.2, -0.15) is 11.8 Å². The molecule has 5 rings (SSSR count). The molecule has 166 valence electrons. The molecule has 2 bridgehead atoms. The molecule has 2 saturated heterocycles. The maximum atomic E-state index is 13.3. The van der Waals surface area contributed by atoms with E-state index >= 15 is 0 Å². The summed E-state index contributed by atoms with van der Waals surface area (Å²) in [5, 5.41) is 0. The highest BCUT2D eigenvalue weighted by atomic mass is 32.2. The fourth-order valence-corrected chi connectivity index (χ4v) is 7.41. The Morgan fingerprint density at radius 3 is 2.63 bits per heavy atom. The summed E-state index contributed by atoms with van der Waals surface area (Å²) in [5.41, 5.74) is -0.390. The number of rotatable bonds is 6. The summed E-state index contributed by atoms with van der Waals surface area (Å²) in [7, 11) is 0. The fraction of sp³-hybridized carbons (Fsp3) is 0.864. The summed E-state index contributed by atoms with van der Waals surface area (Å²) in [5.74, 6) is -0.0447. The van der Waals surface area contributed by atoms with Crippen LogP contribution in [0.1, 0.15) is 45.4 Å². The lowest BCUT2D eigenvalue weighted by atomic mass is 9.78. The van der Waals surface area contributed by atoms with Crippen LogP contribution in [-0.2, 0) is 28.6 Å². The van der Waals surface area contributed by atoms with Gasteiger partial charge in [0.2, 0.25) is 0 Å². The van der Waals surface area contributed by atoms with Crippen molar-refractivity contribution in [3.05, 3.63) is 0 Å². The van der Waals surface area contributed by atoms with Crippen molar-refractivity contribution in [1.29, 1.82) is 0 Å². The highest BCUT2D eigenvalue weighted by Crippen LogP contribution is 2.59. The Bertz CT molecular complexity index is 716. The van der Waals surface area contributed by atoms with Gasteiger partial charge in [-0.1, -0.05) is 6.92 Å². The van der Waals surface area contributed by atoms with Crippen LogP contribution in [0.5, 0.6) is 0 Å². The normalized spacial score (nSPS) is 39.2. The van der Waals surface area contributed by atoms with Crippen molar-refractivity contribution in [3.8, 4) is 0 Å². The maximum absolute atomic E-state index is 13.3. The van der Waals surface area contributed by atoms with Crippen molar-refractivity contribution >= 4 is 29.7 Å². The zero-order chi connectivity index (χ0) is 20.9. The molecular weight excluding hydrogens is 406 g/mol. The van der Waals surface area contributed by atoms with Crippen molar-refractivity contribution in [2.75, 3.05) is 31.1 Å².